The Morgan fingerprint density at radius 3 is 2.41 bits per heavy atom. The molecule has 5 nitrogen and oxygen atoms in total. The topological polar surface area (TPSA) is 58.6 Å². The molecular formula is C27H31ClN2O3S. The molecule has 0 radical (unpaired) electrons. The standard InChI is InChI=1S/C27H31ClN2O3S/c1-17-21(24(31)30-7-9-33-10-8-30)23(34-22(17)20-5-3-2-4-6-20)29-25(32)26-12-18-11-19(13-26)15-27(28,14-18)16-26/h2-6,18-19H,7-16H2,1H3,(H,29,32). The maximum absolute atomic E-state index is 13.9. The highest BCUT2D eigenvalue weighted by Gasteiger charge is 2.60. The molecule has 2 unspecified atom stereocenters. The average Bonchev–Trinajstić information content (AvgIpc) is 3.13. The van der Waals surface area contributed by atoms with Crippen molar-refractivity contribution in [3.8, 4) is 10.4 Å². The van der Waals surface area contributed by atoms with Crippen molar-refractivity contribution in [3.05, 3.63) is 41.5 Å². The SMILES string of the molecule is Cc1c(-c2ccccc2)sc(NC(=O)C23CC4CC(CC(Cl)(C4)C2)C3)c1C(=O)N1CCOCC1. The summed E-state index contributed by atoms with van der Waals surface area (Å²) in [5, 5.41) is 3.96. The number of alkyl halides is 1. The second kappa shape index (κ2) is 8.35. The number of anilines is 1. The number of nitrogens with one attached hydrogen (secondary N) is 1. The van der Waals surface area contributed by atoms with Crippen LogP contribution in [0.4, 0.5) is 5.00 Å². The molecule has 1 aromatic heterocycles. The summed E-state index contributed by atoms with van der Waals surface area (Å²) in [7, 11) is 0. The van der Waals surface area contributed by atoms with E-state index in [1.54, 1.807) is 0 Å². The minimum absolute atomic E-state index is 0.0196. The van der Waals surface area contributed by atoms with Crippen LogP contribution in [0.1, 0.15) is 54.4 Å². The van der Waals surface area contributed by atoms with Gasteiger partial charge in [0.25, 0.3) is 5.91 Å². The Hall–Kier alpha value is -1.89. The molecule has 1 N–H and O–H groups in total. The van der Waals surface area contributed by atoms with Crippen LogP contribution >= 0.6 is 22.9 Å². The number of amides is 2. The lowest BCUT2D eigenvalue weighted by Crippen LogP contribution is -2.57. The second-order valence-electron chi connectivity index (χ2n) is 10.9. The first-order chi connectivity index (χ1) is 16.4. The normalized spacial score (nSPS) is 32.1. The minimum atomic E-state index is -0.407. The Labute approximate surface area is 209 Å². The van der Waals surface area contributed by atoms with E-state index < -0.39 is 5.41 Å². The molecule has 7 heteroatoms. The van der Waals surface area contributed by atoms with Crippen molar-refractivity contribution in [3.63, 3.8) is 0 Å². The van der Waals surface area contributed by atoms with Gasteiger partial charge in [0.2, 0.25) is 5.91 Å². The van der Waals surface area contributed by atoms with E-state index >= 15 is 0 Å². The molecule has 1 saturated heterocycles. The summed E-state index contributed by atoms with van der Waals surface area (Å²) in [6, 6.07) is 10.1. The number of thiophene rings is 1. The van der Waals surface area contributed by atoms with E-state index in [2.05, 4.69) is 17.4 Å². The Kier molecular flexibility index (Phi) is 5.54. The number of carbonyl (C=O) groups is 2. The molecule has 2 atom stereocenters. The molecule has 4 aliphatic carbocycles. The van der Waals surface area contributed by atoms with Crippen LogP contribution in [-0.2, 0) is 9.53 Å². The predicted octanol–water partition coefficient (Wildman–Crippen LogP) is 5.71. The number of hydrogen-bond donors (Lipinski definition) is 1. The quantitative estimate of drug-likeness (QED) is 0.549. The minimum Gasteiger partial charge on any atom is -0.378 e. The molecule has 5 aliphatic rings. The van der Waals surface area contributed by atoms with Crippen molar-refractivity contribution in [1.29, 1.82) is 0 Å². The summed E-state index contributed by atoms with van der Waals surface area (Å²) >= 11 is 8.53. The second-order valence-corrected chi connectivity index (χ2v) is 12.7. The maximum atomic E-state index is 13.9. The van der Waals surface area contributed by atoms with Gasteiger partial charge in [0, 0.05) is 22.8 Å². The monoisotopic (exact) mass is 498 g/mol. The summed E-state index contributed by atoms with van der Waals surface area (Å²) in [5.74, 6) is 1.13. The Bertz CT molecular complexity index is 1110. The summed E-state index contributed by atoms with van der Waals surface area (Å²) in [6.07, 6.45) is 5.89. The average molecular weight is 499 g/mol. The van der Waals surface area contributed by atoms with E-state index in [1.165, 1.54) is 17.8 Å². The number of benzene rings is 1. The fourth-order valence-corrected chi connectivity index (χ4v) is 9.19. The number of nitrogens with zero attached hydrogens (tertiary/aromatic N) is 1. The van der Waals surface area contributed by atoms with E-state index in [0.29, 0.717) is 48.7 Å². The number of ether oxygens (including phenoxy) is 1. The molecule has 4 saturated carbocycles. The maximum Gasteiger partial charge on any atom is 0.257 e. The van der Waals surface area contributed by atoms with Gasteiger partial charge in [0.05, 0.1) is 24.2 Å². The molecule has 2 heterocycles. The lowest BCUT2D eigenvalue weighted by Gasteiger charge is -2.59. The molecule has 5 fully saturated rings. The zero-order chi connectivity index (χ0) is 23.5. The highest BCUT2D eigenvalue weighted by Crippen LogP contribution is 2.64. The summed E-state index contributed by atoms with van der Waals surface area (Å²) in [5.41, 5.74) is 2.22. The highest BCUT2D eigenvalue weighted by atomic mass is 35.5. The van der Waals surface area contributed by atoms with Crippen LogP contribution < -0.4 is 5.32 Å². The van der Waals surface area contributed by atoms with Gasteiger partial charge in [-0.25, -0.2) is 0 Å². The smallest absolute Gasteiger partial charge is 0.257 e. The highest BCUT2D eigenvalue weighted by molar-refractivity contribution is 7.20. The molecule has 1 aromatic carbocycles. The van der Waals surface area contributed by atoms with Gasteiger partial charge < -0.3 is 15.0 Å². The largest absolute Gasteiger partial charge is 0.378 e. The van der Waals surface area contributed by atoms with E-state index in [9.17, 15) is 9.59 Å². The first-order valence-corrected chi connectivity index (χ1v) is 13.6. The zero-order valence-corrected chi connectivity index (χ0v) is 21.1. The van der Waals surface area contributed by atoms with Crippen molar-refractivity contribution in [2.45, 2.75) is 50.3 Å². The summed E-state index contributed by atoms with van der Waals surface area (Å²) < 4.78 is 5.46. The third-order valence-corrected chi connectivity index (χ3v) is 10.1. The lowest BCUT2D eigenvalue weighted by atomic mass is 9.49. The predicted molar refractivity (Wildman–Crippen MR) is 136 cm³/mol. The van der Waals surface area contributed by atoms with Crippen molar-refractivity contribution < 1.29 is 14.3 Å². The van der Waals surface area contributed by atoms with Gasteiger partial charge in [0.1, 0.15) is 5.00 Å². The van der Waals surface area contributed by atoms with E-state index in [-0.39, 0.29) is 16.7 Å². The van der Waals surface area contributed by atoms with Crippen LogP contribution in [0, 0.1) is 24.2 Å². The van der Waals surface area contributed by atoms with Gasteiger partial charge in [0.15, 0.2) is 0 Å². The number of carbonyl (C=O) groups excluding carboxylic acids is 2. The Morgan fingerprint density at radius 1 is 1.09 bits per heavy atom. The van der Waals surface area contributed by atoms with E-state index in [4.69, 9.17) is 16.3 Å². The zero-order valence-electron chi connectivity index (χ0n) is 19.6. The van der Waals surface area contributed by atoms with Crippen molar-refractivity contribution in [2.24, 2.45) is 17.3 Å². The summed E-state index contributed by atoms with van der Waals surface area (Å²) in [6.45, 7) is 4.24. The molecule has 2 aromatic rings. The molecule has 2 amide bonds. The van der Waals surface area contributed by atoms with E-state index in [1.807, 2.05) is 30.0 Å². The van der Waals surface area contributed by atoms with E-state index in [0.717, 1.165) is 48.1 Å². The third kappa shape index (κ3) is 3.78. The fourth-order valence-electron chi connectivity index (χ4n) is 7.30. The molecule has 0 spiro atoms. The van der Waals surface area contributed by atoms with Crippen LogP contribution in [0.3, 0.4) is 0 Å². The number of halogens is 1. The lowest BCUT2D eigenvalue weighted by molar-refractivity contribution is -0.138. The fraction of sp³-hybridized carbons (Fsp3) is 0.556. The van der Waals surface area contributed by atoms with Crippen molar-refractivity contribution in [2.75, 3.05) is 31.6 Å². The molecule has 180 valence electrons. The number of hydrogen-bond acceptors (Lipinski definition) is 4. The van der Waals surface area contributed by atoms with Crippen molar-refractivity contribution >= 4 is 39.8 Å². The first-order valence-electron chi connectivity index (χ1n) is 12.4. The number of rotatable bonds is 4. The first kappa shape index (κ1) is 22.6. The molecule has 34 heavy (non-hydrogen) atoms. The van der Waals surface area contributed by atoms with Gasteiger partial charge in [-0.15, -0.1) is 22.9 Å². The molecular weight excluding hydrogens is 468 g/mol. The summed E-state index contributed by atoms with van der Waals surface area (Å²) in [4.78, 5) is 30.2. The van der Waals surface area contributed by atoms with Crippen LogP contribution in [0.2, 0.25) is 0 Å². The van der Waals surface area contributed by atoms with Gasteiger partial charge in [-0.05, 0) is 68.4 Å². The van der Waals surface area contributed by atoms with Crippen LogP contribution in [0.25, 0.3) is 10.4 Å². The van der Waals surface area contributed by atoms with Crippen LogP contribution in [0.5, 0.6) is 0 Å². The van der Waals surface area contributed by atoms with Gasteiger partial charge >= 0.3 is 0 Å². The van der Waals surface area contributed by atoms with Gasteiger partial charge in [-0.1, -0.05) is 30.3 Å². The molecule has 4 bridgehead atoms. The Balaban J connectivity index is 1.36. The van der Waals surface area contributed by atoms with Crippen LogP contribution in [0.15, 0.2) is 30.3 Å². The van der Waals surface area contributed by atoms with Crippen molar-refractivity contribution in [1.82, 2.24) is 4.90 Å². The van der Waals surface area contributed by atoms with Gasteiger partial charge in [-0.2, -0.15) is 0 Å². The third-order valence-electron chi connectivity index (χ3n) is 8.39. The molecule has 1 aliphatic heterocycles. The Morgan fingerprint density at radius 2 is 1.76 bits per heavy atom. The molecule has 7 rings (SSSR count). The van der Waals surface area contributed by atoms with Gasteiger partial charge in [-0.3, -0.25) is 9.59 Å². The number of morpholine rings is 1. The van der Waals surface area contributed by atoms with Crippen LogP contribution in [-0.4, -0.2) is 47.9 Å².